The highest BCUT2D eigenvalue weighted by molar-refractivity contribution is 7.89. The maximum atomic E-state index is 13.1. The van der Waals surface area contributed by atoms with E-state index in [0.717, 1.165) is 23.4 Å². The molecular formula is C16H17F2NO3S. The van der Waals surface area contributed by atoms with Gasteiger partial charge in [-0.25, -0.2) is 21.9 Å². The van der Waals surface area contributed by atoms with Crippen LogP contribution in [0, 0.1) is 11.6 Å². The third-order valence-electron chi connectivity index (χ3n) is 3.14. The van der Waals surface area contributed by atoms with Gasteiger partial charge in [-0.15, -0.1) is 0 Å². The Balaban J connectivity index is 1.95. The second kappa shape index (κ2) is 7.52. The van der Waals surface area contributed by atoms with Crippen LogP contribution in [0.1, 0.15) is 12.5 Å². The van der Waals surface area contributed by atoms with E-state index in [4.69, 9.17) is 4.74 Å². The van der Waals surface area contributed by atoms with E-state index in [1.54, 1.807) is 0 Å². The Morgan fingerprint density at radius 3 is 2.35 bits per heavy atom. The first-order valence-corrected chi connectivity index (χ1v) is 8.57. The maximum absolute atomic E-state index is 13.1. The van der Waals surface area contributed by atoms with Crippen molar-refractivity contribution in [2.45, 2.75) is 18.2 Å². The number of sulfonamides is 1. The fourth-order valence-corrected chi connectivity index (χ4v) is 3.02. The van der Waals surface area contributed by atoms with E-state index in [2.05, 4.69) is 4.72 Å². The Morgan fingerprint density at radius 2 is 1.74 bits per heavy atom. The Hall–Kier alpha value is -1.99. The summed E-state index contributed by atoms with van der Waals surface area (Å²) in [5.74, 6) is -1.53. The number of benzene rings is 2. The molecular weight excluding hydrogens is 324 g/mol. The van der Waals surface area contributed by atoms with Crippen molar-refractivity contribution in [3.8, 4) is 5.75 Å². The van der Waals surface area contributed by atoms with Crippen LogP contribution in [0.15, 0.2) is 47.4 Å². The van der Waals surface area contributed by atoms with Gasteiger partial charge in [0.2, 0.25) is 10.0 Å². The molecule has 0 aromatic heterocycles. The molecule has 0 saturated carbocycles. The van der Waals surface area contributed by atoms with Gasteiger partial charge in [0.15, 0.2) is 11.6 Å². The molecule has 2 aromatic rings. The summed E-state index contributed by atoms with van der Waals surface area (Å²) in [6, 6.07) is 9.78. The zero-order valence-corrected chi connectivity index (χ0v) is 13.4. The molecule has 2 aromatic carbocycles. The summed E-state index contributed by atoms with van der Waals surface area (Å²) in [5.41, 5.74) is 0.932. The van der Waals surface area contributed by atoms with Gasteiger partial charge in [0, 0.05) is 6.54 Å². The van der Waals surface area contributed by atoms with Gasteiger partial charge in [-0.05, 0) is 49.2 Å². The van der Waals surface area contributed by atoms with Crippen LogP contribution in [0.25, 0.3) is 0 Å². The summed E-state index contributed by atoms with van der Waals surface area (Å²) in [5, 5.41) is 0. The highest BCUT2D eigenvalue weighted by Gasteiger charge is 2.15. The van der Waals surface area contributed by atoms with Crippen LogP contribution < -0.4 is 9.46 Å². The zero-order valence-electron chi connectivity index (χ0n) is 12.6. The lowest BCUT2D eigenvalue weighted by Gasteiger charge is -2.08. The predicted octanol–water partition coefficient (Wildman–Crippen LogP) is 2.88. The SMILES string of the molecule is CCOc1ccc(CCNS(=O)(=O)c2ccc(F)c(F)c2)cc1. The molecule has 2 rings (SSSR count). The van der Waals surface area contributed by atoms with Crippen LogP contribution in [-0.4, -0.2) is 21.6 Å². The first-order valence-electron chi connectivity index (χ1n) is 7.09. The quantitative estimate of drug-likeness (QED) is 0.842. The van der Waals surface area contributed by atoms with Crippen LogP contribution in [0.3, 0.4) is 0 Å². The van der Waals surface area contributed by atoms with Gasteiger partial charge in [0.05, 0.1) is 11.5 Å². The number of nitrogens with one attached hydrogen (secondary N) is 1. The van der Waals surface area contributed by atoms with Crippen molar-refractivity contribution in [3.05, 3.63) is 59.7 Å². The summed E-state index contributed by atoms with van der Waals surface area (Å²) in [6.45, 7) is 2.61. The van der Waals surface area contributed by atoms with Gasteiger partial charge in [0.1, 0.15) is 5.75 Å². The molecule has 0 aliphatic carbocycles. The van der Waals surface area contributed by atoms with Crippen molar-refractivity contribution in [3.63, 3.8) is 0 Å². The number of rotatable bonds is 7. The van der Waals surface area contributed by atoms with E-state index >= 15 is 0 Å². The smallest absolute Gasteiger partial charge is 0.240 e. The number of halogens is 2. The van der Waals surface area contributed by atoms with Gasteiger partial charge in [-0.2, -0.15) is 0 Å². The van der Waals surface area contributed by atoms with Gasteiger partial charge >= 0.3 is 0 Å². The summed E-state index contributed by atoms with van der Waals surface area (Å²) in [7, 11) is -3.87. The highest BCUT2D eigenvalue weighted by atomic mass is 32.2. The Labute approximate surface area is 134 Å². The minimum Gasteiger partial charge on any atom is -0.494 e. The Kier molecular flexibility index (Phi) is 5.68. The zero-order chi connectivity index (χ0) is 16.9. The monoisotopic (exact) mass is 341 g/mol. The first-order chi connectivity index (χ1) is 10.9. The van der Waals surface area contributed by atoms with E-state index in [9.17, 15) is 17.2 Å². The van der Waals surface area contributed by atoms with Crippen LogP contribution in [0.2, 0.25) is 0 Å². The van der Waals surface area contributed by atoms with Gasteiger partial charge < -0.3 is 4.74 Å². The molecule has 0 amide bonds. The Bertz CT molecular complexity index is 761. The van der Waals surface area contributed by atoms with E-state index in [1.807, 2.05) is 31.2 Å². The van der Waals surface area contributed by atoms with Gasteiger partial charge in [-0.1, -0.05) is 12.1 Å². The average Bonchev–Trinajstić information content (AvgIpc) is 2.52. The van der Waals surface area contributed by atoms with Gasteiger partial charge in [0.25, 0.3) is 0 Å². The van der Waals surface area contributed by atoms with E-state index in [-0.39, 0.29) is 11.4 Å². The summed E-state index contributed by atoms with van der Waals surface area (Å²) >= 11 is 0. The molecule has 7 heteroatoms. The van der Waals surface area contributed by atoms with Crippen molar-refractivity contribution in [2.24, 2.45) is 0 Å². The maximum Gasteiger partial charge on any atom is 0.240 e. The summed E-state index contributed by atoms with van der Waals surface area (Å²) in [6.07, 6.45) is 0.468. The molecule has 23 heavy (non-hydrogen) atoms. The fourth-order valence-electron chi connectivity index (χ4n) is 1.98. The normalized spacial score (nSPS) is 11.4. The third-order valence-corrected chi connectivity index (χ3v) is 4.60. The van der Waals surface area contributed by atoms with Crippen LogP contribution in [0.4, 0.5) is 8.78 Å². The second-order valence-electron chi connectivity index (χ2n) is 4.80. The largest absolute Gasteiger partial charge is 0.494 e. The number of hydrogen-bond donors (Lipinski definition) is 1. The van der Waals surface area contributed by atoms with Crippen molar-refractivity contribution >= 4 is 10.0 Å². The minimum absolute atomic E-state index is 0.148. The third kappa shape index (κ3) is 4.74. The van der Waals surface area contributed by atoms with E-state index < -0.39 is 21.7 Å². The van der Waals surface area contributed by atoms with Crippen LogP contribution in [0.5, 0.6) is 5.75 Å². The highest BCUT2D eigenvalue weighted by Crippen LogP contribution is 2.14. The molecule has 0 bridgehead atoms. The van der Waals surface area contributed by atoms with Crippen molar-refractivity contribution in [1.82, 2.24) is 4.72 Å². The summed E-state index contributed by atoms with van der Waals surface area (Å²) in [4.78, 5) is -0.303. The minimum atomic E-state index is -3.87. The lowest BCUT2D eigenvalue weighted by Crippen LogP contribution is -2.26. The summed E-state index contributed by atoms with van der Waals surface area (Å²) < 4.78 is 57.7. The average molecular weight is 341 g/mol. The van der Waals surface area contributed by atoms with Gasteiger partial charge in [-0.3, -0.25) is 0 Å². The topological polar surface area (TPSA) is 55.4 Å². The molecule has 0 spiro atoms. The lowest BCUT2D eigenvalue weighted by atomic mass is 10.1. The van der Waals surface area contributed by atoms with Crippen molar-refractivity contribution < 1.29 is 21.9 Å². The predicted molar refractivity (Wildman–Crippen MR) is 82.9 cm³/mol. The molecule has 0 heterocycles. The molecule has 0 atom stereocenters. The standard InChI is InChI=1S/C16H17F2NO3S/c1-2-22-13-5-3-12(4-6-13)9-10-19-23(20,21)14-7-8-15(17)16(18)11-14/h3-8,11,19H,2,9-10H2,1H3. The molecule has 124 valence electrons. The lowest BCUT2D eigenvalue weighted by molar-refractivity contribution is 0.340. The molecule has 4 nitrogen and oxygen atoms in total. The number of hydrogen-bond acceptors (Lipinski definition) is 3. The van der Waals surface area contributed by atoms with Crippen molar-refractivity contribution in [1.29, 1.82) is 0 Å². The van der Waals surface area contributed by atoms with Crippen LogP contribution >= 0.6 is 0 Å². The first kappa shape index (κ1) is 17.4. The molecule has 0 aliphatic rings. The molecule has 0 radical (unpaired) electrons. The molecule has 0 aliphatic heterocycles. The molecule has 0 unspecified atom stereocenters. The molecule has 0 fully saturated rings. The van der Waals surface area contributed by atoms with Crippen LogP contribution in [-0.2, 0) is 16.4 Å². The van der Waals surface area contributed by atoms with E-state index in [0.29, 0.717) is 19.1 Å². The second-order valence-corrected chi connectivity index (χ2v) is 6.57. The Morgan fingerprint density at radius 1 is 1.04 bits per heavy atom. The fraction of sp³-hybridized carbons (Fsp3) is 0.250. The van der Waals surface area contributed by atoms with E-state index in [1.165, 1.54) is 0 Å². The van der Waals surface area contributed by atoms with Crippen molar-refractivity contribution in [2.75, 3.05) is 13.2 Å². The molecule has 0 saturated heterocycles. The molecule has 1 N–H and O–H groups in total. The number of ether oxygens (including phenoxy) is 1.